The monoisotopic (exact) mass is 338 g/mol. The van der Waals surface area contributed by atoms with Gasteiger partial charge in [0.25, 0.3) is 0 Å². The highest BCUT2D eigenvalue weighted by Crippen LogP contribution is 2.21. The normalized spacial score (nSPS) is 21.2. The van der Waals surface area contributed by atoms with E-state index in [4.69, 9.17) is 4.74 Å². The average Bonchev–Trinajstić information content (AvgIpc) is 2.58. The van der Waals surface area contributed by atoms with Crippen LogP contribution in [0.4, 0.5) is 0 Å². The van der Waals surface area contributed by atoms with Crippen LogP contribution < -0.4 is 0 Å². The van der Waals surface area contributed by atoms with Crippen LogP contribution in [0.2, 0.25) is 0 Å². The third kappa shape index (κ3) is 13.2. The molecule has 0 aromatic rings. The van der Waals surface area contributed by atoms with Gasteiger partial charge in [-0.3, -0.25) is 0 Å². The minimum Gasteiger partial charge on any atom is -0.378 e. The van der Waals surface area contributed by atoms with Crippen LogP contribution in [0.3, 0.4) is 0 Å². The second-order valence-electron chi connectivity index (χ2n) is 7.73. The maximum Gasteiger partial charge on any atom is 0.0954 e. The maximum atomic E-state index is 11.4. The summed E-state index contributed by atoms with van der Waals surface area (Å²) in [6.45, 7) is 4.76. The summed E-state index contributed by atoms with van der Waals surface area (Å²) in [5, 5.41) is 11.4. The summed E-state index contributed by atoms with van der Waals surface area (Å²) in [7, 11) is 0. The molecule has 0 aliphatic heterocycles. The summed E-state index contributed by atoms with van der Waals surface area (Å²) < 4.78 is 5.86. The van der Waals surface area contributed by atoms with Crippen LogP contribution in [0.25, 0.3) is 0 Å². The van der Waals surface area contributed by atoms with Crippen LogP contribution >= 0.6 is 0 Å². The summed E-state index contributed by atoms with van der Waals surface area (Å²) in [6, 6.07) is 0. The standard InChI is InChI=1S/C22H42O2/c1-2-3-4-5-6-7-8-9-10-11-12-13-14-15-19-24-22-18-16-17-21(23)20-22/h21-22H,1-20H2. The molecular formula is C22H42O2. The van der Waals surface area contributed by atoms with Gasteiger partial charge >= 0.3 is 0 Å². The van der Waals surface area contributed by atoms with Crippen LogP contribution in [0, 0.1) is 6.92 Å². The highest BCUT2D eigenvalue weighted by Gasteiger charge is 2.21. The number of hydrogen-bond donors (Lipinski definition) is 0. The predicted octanol–water partition coefficient (Wildman–Crippen LogP) is 7.04. The molecule has 1 rings (SSSR count). The predicted molar refractivity (Wildman–Crippen MR) is 103 cm³/mol. The van der Waals surface area contributed by atoms with E-state index in [1.165, 1.54) is 83.5 Å². The van der Waals surface area contributed by atoms with Crippen molar-refractivity contribution in [2.24, 2.45) is 0 Å². The second-order valence-corrected chi connectivity index (χ2v) is 7.73. The van der Waals surface area contributed by atoms with Gasteiger partial charge in [0.05, 0.1) is 12.2 Å². The lowest BCUT2D eigenvalue weighted by Gasteiger charge is -2.24. The van der Waals surface area contributed by atoms with Gasteiger partial charge in [-0.15, -0.1) is 0 Å². The summed E-state index contributed by atoms with van der Waals surface area (Å²) in [6.07, 6.45) is 22.6. The first-order chi connectivity index (χ1) is 11.8. The largest absolute Gasteiger partial charge is 0.378 e. The molecular weight excluding hydrogens is 296 g/mol. The molecule has 24 heavy (non-hydrogen) atoms. The molecule has 1 saturated carbocycles. The molecule has 0 N–H and O–H groups in total. The molecule has 1 aliphatic rings. The molecule has 2 heteroatoms. The molecule has 2 radical (unpaired) electrons. The Hall–Kier alpha value is -0.0800. The van der Waals surface area contributed by atoms with E-state index in [2.05, 4.69) is 6.92 Å². The van der Waals surface area contributed by atoms with Crippen LogP contribution in [0.1, 0.15) is 116 Å². The lowest BCUT2D eigenvalue weighted by Crippen LogP contribution is -2.25. The third-order valence-corrected chi connectivity index (χ3v) is 5.33. The van der Waals surface area contributed by atoms with Crippen LogP contribution in [-0.4, -0.2) is 18.8 Å². The fraction of sp³-hybridized carbons (Fsp3) is 0.955. The molecule has 0 aromatic heterocycles. The first-order valence-electron chi connectivity index (χ1n) is 10.9. The molecule has 0 aromatic carbocycles. The first kappa shape index (κ1) is 22.0. The van der Waals surface area contributed by atoms with E-state index >= 15 is 0 Å². The Kier molecular flexibility index (Phi) is 15.0. The summed E-state index contributed by atoms with van der Waals surface area (Å²) in [5.41, 5.74) is 0. The highest BCUT2D eigenvalue weighted by molar-refractivity contribution is 4.71. The van der Waals surface area contributed by atoms with Gasteiger partial charge in [-0.1, -0.05) is 90.4 Å². The van der Waals surface area contributed by atoms with E-state index < -0.39 is 0 Å². The SMILES string of the molecule is [CH2]CCCCCCCCCCCCCCCOC1CCCC([O])C1. The zero-order valence-corrected chi connectivity index (χ0v) is 16.1. The number of rotatable bonds is 16. The summed E-state index contributed by atoms with van der Waals surface area (Å²) in [4.78, 5) is 0. The molecule has 142 valence electrons. The Morgan fingerprint density at radius 2 is 1.21 bits per heavy atom. The Morgan fingerprint density at radius 3 is 1.71 bits per heavy atom. The lowest BCUT2D eigenvalue weighted by atomic mass is 9.95. The number of ether oxygens (including phenoxy) is 1. The smallest absolute Gasteiger partial charge is 0.0954 e. The first-order valence-corrected chi connectivity index (χ1v) is 10.9. The molecule has 2 nitrogen and oxygen atoms in total. The van der Waals surface area contributed by atoms with Crippen LogP contribution in [0.5, 0.6) is 0 Å². The molecule has 0 heterocycles. The van der Waals surface area contributed by atoms with Crippen molar-refractivity contribution in [2.45, 2.75) is 128 Å². The summed E-state index contributed by atoms with van der Waals surface area (Å²) >= 11 is 0. The van der Waals surface area contributed by atoms with Gasteiger partial charge in [0.1, 0.15) is 0 Å². The molecule has 0 saturated heterocycles. The molecule has 2 unspecified atom stereocenters. The fourth-order valence-electron chi connectivity index (χ4n) is 3.73. The van der Waals surface area contributed by atoms with Crippen molar-refractivity contribution in [3.8, 4) is 0 Å². The molecule has 0 bridgehead atoms. The number of hydrogen-bond acceptors (Lipinski definition) is 1. The highest BCUT2D eigenvalue weighted by atomic mass is 16.5. The third-order valence-electron chi connectivity index (χ3n) is 5.33. The minimum atomic E-state index is -0.364. The molecule has 0 amide bonds. The quantitative estimate of drug-likeness (QED) is 0.277. The minimum absolute atomic E-state index is 0.264. The van der Waals surface area contributed by atoms with Gasteiger partial charge < -0.3 is 4.74 Å². The Labute approximate surface area is 151 Å². The zero-order chi connectivity index (χ0) is 17.3. The van der Waals surface area contributed by atoms with Gasteiger partial charge in [0.15, 0.2) is 0 Å². The number of unbranched alkanes of at least 4 members (excludes halogenated alkanes) is 13. The van der Waals surface area contributed by atoms with Gasteiger partial charge in [-0.2, -0.15) is 0 Å². The van der Waals surface area contributed by atoms with Crippen molar-refractivity contribution in [3.05, 3.63) is 6.92 Å². The summed E-state index contributed by atoms with van der Waals surface area (Å²) in [5.74, 6) is 0. The van der Waals surface area contributed by atoms with Gasteiger partial charge in [0, 0.05) is 13.0 Å². The Balaban J connectivity index is 1.70. The van der Waals surface area contributed by atoms with Crippen molar-refractivity contribution in [1.82, 2.24) is 0 Å². The Bertz CT molecular complexity index is 254. The van der Waals surface area contributed by atoms with E-state index in [0.29, 0.717) is 0 Å². The Morgan fingerprint density at radius 1 is 0.708 bits per heavy atom. The maximum absolute atomic E-state index is 11.4. The fourth-order valence-corrected chi connectivity index (χ4v) is 3.73. The molecule has 1 aliphatic carbocycles. The van der Waals surface area contributed by atoms with Crippen molar-refractivity contribution >= 4 is 0 Å². The lowest BCUT2D eigenvalue weighted by molar-refractivity contribution is -0.0381. The topological polar surface area (TPSA) is 29.1 Å². The zero-order valence-electron chi connectivity index (χ0n) is 16.1. The second kappa shape index (κ2) is 16.4. The molecule has 2 atom stereocenters. The van der Waals surface area contributed by atoms with Crippen molar-refractivity contribution < 1.29 is 9.84 Å². The van der Waals surface area contributed by atoms with E-state index in [0.717, 1.165) is 38.7 Å². The average molecular weight is 339 g/mol. The van der Waals surface area contributed by atoms with Gasteiger partial charge in [0.2, 0.25) is 0 Å². The van der Waals surface area contributed by atoms with E-state index in [-0.39, 0.29) is 12.2 Å². The molecule has 0 spiro atoms. The van der Waals surface area contributed by atoms with E-state index in [1.54, 1.807) is 0 Å². The van der Waals surface area contributed by atoms with Crippen molar-refractivity contribution in [2.75, 3.05) is 6.61 Å². The van der Waals surface area contributed by atoms with Gasteiger partial charge in [-0.05, 0) is 25.7 Å². The molecule has 1 fully saturated rings. The van der Waals surface area contributed by atoms with Crippen molar-refractivity contribution in [1.29, 1.82) is 0 Å². The van der Waals surface area contributed by atoms with E-state index in [9.17, 15) is 5.11 Å². The van der Waals surface area contributed by atoms with Crippen LogP contribution in [0.15, 0.2) is 0 Å². The van der Waals surface area contributed by atoms with Gasteiger partial charge in [-0.25, -0.2) is 5.11 Å². The van der Waals surface area contributed by atoms with Crippen LogP contribution in [-0.2, 0) is 9.84 Å². The van der Waals surface area contributed by atoms with E-state index in [1.807, 2.05) is 0 Å². The van der Waals surface area contributed by atoms with Crippen molar-refractivity contribution in [3.63, 3.8) is 0 Å².